The number of fused-ring (bicyclic) bond motifs is 1. The molecule has 0 aliphatic rings. The van der Waals surface area contributed by atoms with Crippen LogP contribution in [0, 0.1) is 0 Å². The lowest BCUT2D eigenvalue weighted by atomic mass is 10.2. The van der Waals surface area contributed by atoms with Gasteiger partial charge >= 0.3 is 0 Å². The molecule has 1 amide bonds. The van der Waals surface area contributed by atoms with Crippen molar-refractivity contribution in [3.63, 3.8) is 0 Å². The molecule has 0 spiro atoms. The van der Waals surface area contributed by atoms with Crippen LogP contribution in [-0.4, -0.2) is 17.0 Å². The molecule has 0 saturated heterocycles. The molecule has 0 bridgehead atoms. The molecule has 1 aromatic heterocycles. The van der Waals surface area contributed by atoms with E-state index in [1.54, 1.807) is 0 Å². The second-order valence-corrected chi connectivity index (χ2v) is 4.30. The lowest BCUT2D eigenvalue weighted by Gasteiger charge is -2.06. The highest BCUT2D eigenvalue weighted by Gasteiger charge is 2.06. The Labute approximate surface area is 105 Å². The summed E-state index contributed by atoms with van der Waals surface area (Å²) in [5.41, 5.74) is 0.999. The first kappa shape index (κ1) is 12.0. The van der Waals surface area contributed by atoms with Crippen molar-refractivity contribution >= 4 is 28.4 Å². The Hall–Kier alpha value is -1.48. The van der Waals surface area contributed by atoms with Gasteiger partial charge < -0.3 is 9.88 Å². The van der Waals surface area contributed by atoms with Gasteiger partial charge in [0.1, 0.15) is 0 Å². The summed E-state index contributed by atoms with van der Waals surface area (Å²) in [6, 6.07) is 7.83. The summed E-state index contributed by atoms with van der Waals surface area (Å²) in [5.74, 6) is 0.0707. The monoisotopic (exact) mass is 250 g/mol. The highest BCUT2D eigenvalue weighted by molar-refractivity contribution is 6.35. The van der Waals surface area contributed by atoms with Crippen molar-refractivity contribution in [3.05, 3.63) is 35.5 Å². The molecular weight excluding hydrogens is 236 g/mol. The quantitative estimate of drug-likeness (QED) is 0.890. The smallest absolute Gasteiger partial charge is 0.221 e. The van der Waals surface area contributed by atoms with Gasteiger partial charge in [-0.1, -0.05) is 23.7 Å². The van der Waals surface area contributed by atoms with Crippen LogP contribution in [0.4, 0.5) is 0 Å². The maximum absolute atomic E-state index is 11.4. The number of carbonyl (C=O) groups is 1. The zero-order valence-corrected chi connectivity index (χ0v) is 10.5. The largest absolute Gasteiger partial charge is 0.356 e. The van der Waals surface area contributed by atoms with Crippen molar-refractivity contribution in [1.82, 2.24) is 9.88 Å². The highest BCUT2D eigenvalue weighted by Crippen LogP contribution is 2.24. The van der Waals surface area contributed by atoms with E-state index in [2.05, 4.69) is 5.32 Å². The Morgan fingerprint density at radius 2 is 2.24 bits per heavy atom. The topological polar surface area (TPSA) is 34.0 Å². The molecule has 0 unspecified atom stereocenters. The van der Waals surface area contributed by atoms with Crippen LogP contribution in [0.3, 0.4) is 0 Å². The number of rotatable bonds is 4. The van der Waals surface area contributed by atoms with Crippen LogP contribution in [-0.2, 0) is 11.3 Å². The molecule has 0 saturated carbocycles. The first-order valence-electron chi connectivity index (χ1n) is 5.72. The molecule has 17 heavy (non-hydrogen) atoms. The molecule has 1 aromatic carbocycles. The Morgan fingerprint density at radius 1 is 1.41 bits per heavy atom. The summed E-state index contributed by atoms with van der Waals surface area (Å²) in [6.07, 6.45) is 2.44. The maximum atomic E-state index is 11.4. The predicted molar refractivity (Wildman–Crippen MR) is 70.2 cm³/mol. The van der Waals surface area contributed by atoms with Crippen LogP contribution in [0.2, 0.25) is 5.02 Å². The fourth-order valence-corrected chi connectivity index (χ4v) is 2.20. The highest BCUT2D eigenvalue weighted by atomic mass is 35.5. The van der Waals surface area contributed by atoms with Crippen LogP contribution in [0.1, 0.15) is 13.3 Å². The van der Waals surface area contributed by atoms with Gasteiger partial charge in [-0.3, -0.25) is 4.79 Å². The van der Waals surface area contributed by atoms with Crippen LogP contribution >= 0.6 is 11.6 Å². The van der Waals surface area contributed by atoms with E-state index in [9.17, 15) is 4.79 Å². The third-order valence-electron chi connectivity index (χ3n) is 2.69. The summed E-state index contributed by atoms with van der Waals surface area (Å²) < 4.78 is 2.02. The molecule has 3 nitrogen and oxygen atoms in total. The van der Waals surface area contributed by atoms with E-state index in [1.807, 2.05) is 42.0 Å². The molecule has 0 atom stereocenters. The van der Waals surface area contributed by atoms with Gasteiger partial charge in [0.25, 0.3) is 0 Å². The van der Waals surface area contributed by atoms with Crippen molar-refractivity contribution in [1.29, 1.82) is 0 Å². The number of hydrogen-bond acceptors (Lipinski definition) is 1. The molecule has 0 aliphatic carbocycles. The minimum absolute atomic E-state index is 0.0707. The number of benzene rings is 1. The van der Waals surface area contributed by atoms with Gasteiger partial charge in [0.2, 0.25) is 5.91 Å². The molecule has 1 N–H and O–H groups in total. The minimum Gasteiger partial charge on any atom is -0.356 e. The SMILES string of the molecule is CCNC(=O)CCn1ccc2cccc(Cl)c21. The van der Waals surface area contributed by atoms with Crippen molar-refractivity contribution in [2.24, 2.45) is 0 Å². The molecule has 4 heteroatoms. The van der Waals surface area contributed by atoms with Gasteiger partial charge in [0, 0.05) is 31.1 Å². The number of nitrogens with zero attached hydrogens (tertiary/aromatic N) is 1. The van der Waals surface area contributed by atoms with E-state index in [4.69, 9.17) is 11.6 Å². The molecule has 90 valence electrons. The zero-order valence-electron chi connectivity index (χ0n) is 9.74. The van der Waals surface area contributed by atoms with Crippen molar-refractivity contribution < 1.29 is 4.79 Å². The van der Waals surface area contributed by atoms with Crippen molar-refractivity contribution in [3.8, 4) is 0 Å². The molecule has 1 heterocycles. The van der Waals surface area contributed by atoms with E-state index >= 15 is 0 Å². The van der Waals surface area contributed by atoms with Gasteiger partial charge in [0.05, 0.1) is 10.5 Å². The first-order valence-corrected chi connectivity index (χ1v) is 6.10. The third-order valence-corrected chi connectivity index (χ3v) is 3.00. The van der Waals surface area contributed by atoms with Gasteiger partial charge in [-0.05, 0) is 19.1 Å². The molecule has 0 aliphatic heterocycles. The molecule has 0 fully saturated rings. The van der Waals surface area contributed by atoms with Gasteiger partial charge in [-0.25, -0.2) is 0 Å². The van der Waals surface area contributed by atoms with Gasteiger partial charge in [-0.2, -0.15) is 0 Å². The Balaban J connectivity index is 2.16. The van der Waals surface area contributed by atoms with Crippen LogP contribution in [0.15, 0.2) is 30.5 Å². The lowest BCUT2D eigenvalue weighted by molar-refractivity contribution is -0.121. The number of para-hydroxylation sites is 1. The molecular formula is C13H15ClN2O. The maximum Gasteiger partial charge on any atom is 0.221 e. The van der Waals surface area contributed by atoms with Crippen molar-refractivity contribution in [2.45, 2.75) is 19.9 Å². The number of nitrogens with one attached hydrogen (secondary N) is 1. The summed E-state index contributed by atoms with van der Waals surface area (Å²) in [4.78, 5) is 11.4. The van der Waals surface area contributed by atoms with Gasteiger partial charge in [0.15, 0.2) is 0 Å². The average molecular weight is 251 g/mol. The summed E-state index contributed by atoms with van der Waals surface area (Å²) in [5, 5.41) is 4.62. The Kier molecular flexibility index (Phi) is 3.69. The lowest BCUT2D eigenvalue weighted by Crippen LogP contribution is -2.23. The Morgan fingerprint density at radius 3 is 3.00 bits per heavy atom. The Bertz CT molecular complexity index is 533. The average Bonchev–Trinajstić information content (AvgIpc) is 2.71. The van der Waals surface area contributed by atoms with Crippen molar-refractivity contribution in [2.75, 3.05) is 6.54 Å². The second kappa shape index (κ2) is 5.23. The number of aromatic nitrogens is 1. The van der Waals surface area contributed by atoms with E-state index in [-0.39, 0.29) is 5.91 Å². The standard InChI is InChI=1S/C13H15ClN2O/c1-2-15-12(17)7-9-16-8-6-10-4-3-5-11(14)13(10)16/h3-6,8H,2,7,9H2,1H3,(H,15,17). The van der Waals surface area contributed by atoms with Gasteiger partial charge in [-0.15, -0.1) is 0 Å². The third kappa shape index (κ3) is 2.61. The zero-order chi connectivity index (χ0) is 12.3. The minimum atomic E-state index is 0.0707. The summed E-state index contributed by atoms with van der Waals surface area (Å²) in [7, 11) is 0. The molecule has 2 aromatic rings. The van der Waals surface area contributed by atoms with Crippen LogP contribution in [0.25, 0.3) is 10.9 Å². The van der Waals surface area contributed by atoms with E-state index < -0.39 is 0 Å². The van der Waals surface area contributed by atoms with Crippen LogP contribution < -0.4 is 5.32 Å². The number of aryl methyl sites for hydroxylation is 1. The molecule has 2 rings (SSSR count). The van der Waals surface area contributed by atoms with E-state index in [1.165, 1.54) is 0 Å². The summed E-state index contributed by atoms with van der Waals surface area (Å²) >= 11 is 6.16. The van der Waals surface area contributed by atoms with E-state index in [0.717, 1.165) is 15.9 Å². The number of halogens is 1. The second-order valence-electron chi connectivity index (χ2n) is 3.89. The number of hydrogen-bond donors (Lipinski definition) is 1. The number of carbonyl (C=O) groups excluding carboxylic acids is 1. The van der Waals surface area contributed by atoms with Crippen LogP contribution in [0.5, 0.6) is 0 Å². The fourth-order valence-electron chi connectivity index (χ4n) is 1.91. The fraction of sp³-hybridized carbons (Fsp3) is 0.308. The normalized spacial score (nSPS) is 10.7. The molecule has 0 radical (unpaired) electrons. The number of amides is 1. The predicted octanol–water partition coefficient (Wildman–Crippen LogP) is 2.82. The first-order chi connectivity index (χ1) is 8.22. The van der Waals surface area contributed by atoms with E-state index in [0.29, 0.717) is 19.5 Å². The summed E-state index contributed by atoms with van der Waals surface area (Å²) in [6.45, 7) is 3.24.